The van der Waals surface area contributed by atoms with Gasteiger partial charge in [0, 0.05) is 45.2 Å². The van der Waals surface area contributed by atoms with E-state index in [-0.39, 0.29) is 11.7 Å². The van der Waals surface area contributed by atoms with Crippen molar-refractivity contribution >= 4 is 35.3 Å². The van der Waals surface area contributed by atoms with Crippen molar-refractivity contribution in [2.75, 3.05) is 94.9 Å². The van der Waals surface area contributed by atoms with Gasteiger partial charge in [-0.2, -0.15) is 9.97 Å². The van der Waals surface area contributed by atoms with Crippen LogP contribution in [0.25, 0.3) is 0 Å². The number of carbonyl (C=O) groups is 1. The molecular weight excluding hydrogens is 564 g/mol. The van der Waals surface area contributed by atoms with Gasteiger partial charge in [-0.25, -0.2) is 9.97 Å². The van der Waals surface area contributed by atoms with Crippen molar-refractivity contribution in [2.45, 2.75) is 37.2 Å². The van der Waals surface area contributed by atoms with E-state index in [1.807, 2.05) is 13.8 Å². The molecule has 0 aliphatic carbocycles. The average molecular weight is 605 g/mol. The Kier molecular flexibility index (Phi) is 14.2. The van der Waals surface area contributed by atoms with Crippen molar-refractivity contribution < 1.29 is 28.5 Å². The van der Waals surface area contributed by atoms with E-state index in [2.05, 4.69) is 31.2 Å². The van der Waals surface area contributed by atoms with Crippen LogP contribution in [0.3, 0.4) is 0 Å². The molecule has 0 spiro atoms. The standard InChI is InChI=1S/C27H40N8O6S/c1-5-22(36)30-21-19-20(28)29-27(31-21)42-23-24(40-7-3)32-26(33-25(23)41-8-4)35-11-9-34(10-12-35)13-14-38-17-18-39-16-15-37-6-2/h2,19H,5,7-18H2,1,3-4H3,(H3,28,29,30,31,36). The van der Waals surface area contributed by atoms with Crippen molar-refractivity contribution in [1.29, 1.82) is 0 Å². The number of ether oxygens (including phenoxy) is 5. The van der Waals surface area contributed by atoms with Gasteiger partial charge in [0.15, 0.2) is 5.16 Å². The first-order valence-corrected chi connectivity index (χ1v) is 14.8. The number of hydrogen-bond donors (Lipinski definition) is 2. The molecule has 0 bridgehead atoms. The summed E-state index contributed by atoms with van der Waals surface area (Å²) in [4.78, 5) is 35.1. The van der Waals surface area contributed by atoms with Crippen LogP contribution in [0.1, 0.15) is 27.2 Å². The molecule has 0 atom stereocenters. The minimum absolute atomic E-state index is 0.178. The Morgan fingerprint density at radius 1 is 0.976 bits per heavy atom. The van der Waals surface area contributed by atoms with Crippen LogP contribution in [0.2, 0.25) is 0 Å². The van der Waals surface area contributed by atoms with Crippen molar-refractivity contribution in [3.63, 3.8) is 0 Å². The van der Waals surface area contributed by atoms with E-state index in [1.54, 1.807) is 6.92 Å². The maximum absolute atomic E-state index is 11.9. The number of nitrogens with two attached hydrogens (primary N) is 1. The van der Waals surface area contributed by atoms with Gasteiger partial charge >= 0.3 is 0 Å². The quantitative estimate of drug-likeness (QED) is 0.144. The van der Waals surface area contributed by atoms with E-state index in [4.69, 9.17) is 45.8 Å². The second-order valence-corrected chi connectivity index (χ2v) is 9.79. The molecule has 3 N–H and O–H groups in total. The van der Waals surface area contributed by atoms with Crippen LogP contribution in [0.15, 0.2) is 16.1 Å². The summed E-state index contributed by atoms with van der Waals surface area (Å²) in [6, 6.07) is 1.50. The number of amides is 1. The molecule has 230 valence electrons. The van der Waals surface area contributed by atoms with Crippen LogP contribution in [-0.4, -0.2) is 110 Å². The summed E-state index contributed by atoms with van der Waals surface area (Å²) in [6.07, 6.45) is 7.44. The maximum atomic E-state index is 11.9. The third-order valence-electron chi connectivity index (χ3n) is 5.85. The highest BCUT2D eigenvalue weighted by atomic mass is 32.2. The molecule has 2 aromatic heterocycles. The maximum Gasteiger partial charge on any atom is 0.236 e. The normalized spacial score (nSPS) is 13.4. The Bertz CT molecular complexity index is 1150. The predicted molar refractivity (Wildman–Crippen MR) is 159 cm³/mol. The van der Waals surface area contributed by atoms with E-state index in [0.29, 0.717) is 86.2 Å². The molecule has 3 rings (SSSR count). The molecule has 1 aliphatic rings. The third kappa shape index (κ3) is 10.7. The van der Waals surface area contributed by atoms with Gasteiger partial charge in [-0.3, -0.25) is 9.69 Å². The lowest BCUT2D eigenvalue weighted by molar-refractivity contribution is -0.115. The monoisotopic (exact) mass is 604 g/mol. The molecule has 1 saturated heterocycles. The number of nitrogens with one attached hydrogen (secondary N) is 1. The van der Waals surface area contributed by atoms with Crippen LogP contribution in [-0.2, 0) is 19.0 Å². The van der Waals surface area contributed by atoms with Crippen LogP contribution < -0.4 is 25.4 Å². The minimum Gasteiger partial charge on any atom is -0.477 e. The van der Waals surface area contributed by atoms with Gasteiger partial charge in [-0.15, -0.1) is 0 Å². The van der Waals surface area contributed by atoms with Crippen LogP contribution in [0.4, 0.5) is 17.6 Å². The fourth-order valence-electron chi connectivity index (χ4n) is 3.82. The van der Waals surface area contributed by atoms with Crippen LogP contribution in [0, 0.1) is 12.5 Å². The second kappa shape index (κ2) is 18.1. The first-order valence-electron chi connectivity index (χ1n) is 14.0. The van der Waals surface area contributed by atoms with Crippen molar-refractivity contribution in [3.8, 4) is 24.3 Å². The lowest BCUT2D eigenvalue weighted by atomic mass is 10.3. The molecule has 42 heavy (non-hydrogen) atoms. The molecule has 1 fully saturated rings. The molecule has 0 unspecified atom stereocenters. The summed E-state index contributed by atoms with van der Waals surface area (Å²) in [5.41, 5.74) is 5.99. The van der Waals surface area contributed by atoms with Crippen molar-refractivity contribution in [1.82, 2.24) is 24.8 Å². The summed E-state index contributed by atoms with van der Waals surface area (Å²) in [7, 11) is 0. The Morgan fingerprint density at radius 2 is 1.62 bits per heavy atom. The molecule has 1 aliphatic heterocycles. The van der Waals surface area contributed by atoms with Gasteiger partial charge in [0.2, 0.25) is 23.6 Å². The highest BCUT2D eigenvalue weighted by Crippen LogP contribution is 2.40. The molecule has 0 radical (unpaired) electrons. The summed E-state index contributed by atoms with van der Waals surface area (Å²) in [5.74, 6) is 1.61. The topological polar surface area (TPSA) is 159 Å². The SMILES string of the molecule is C#COCCOCCOCCN1CCN(c2nc(OCC)c(Sc3nc(N)cc(NC(=O)CC)n3)c(OCC)n2)CC1. The molecule has 0 aromatic carbocycles. The van der Waals surface area contributed by atoms with Gasteiger partial charge < -0.3 is 39.6 Å². The van der Waals surface area contributed by atoms with E-state index in [0.717, 1.165) is 32.7 Å². The van der Waals surface area contributed by atoms with Gasteiger partial charge in [-0.05, 0) is 25.6 Å². The van der Waals surface area contributed by atoms with E-state index in [9.17, 15) is 4.79 Å². The number of anilines is 3. The number of nitrogens with zero attached hydrogens (tertiary/aromatic N) is 6. The third-order valence-corrected chi connectivity index (χ3v) is 6.77. The highest BCUT2D eigenvalue weighted by molar-refractivity contribution is 7.99. The summed E-state index contributed by atoms with van der Waals surface area (Å²) >= 11 is 1.17. The molecule has 14 nitrogen and oxygen atoms in total. The first-order chi connectivity index (χ1) is 20.5. The fourth-order valence-corrected chi connectivity index (χ4v) is 4.68. The zero-order valence-corrected chi connectivity index (χ0v) is 25.3. The number of aromatic nitrogens is 4. The number of carbonyl (C=O) groups excluding carboxylic acids is 1. The summed E-state index contributed by atoms with van der Waals surface area (Å²) in [5, 5.41) is 3.02. The minimum atomic E-state index is -0.178. The highest BCUT2D eigenvalue weighted by Gasteiger charge is 2.25. The number of hydrogen-bond acceptors (Lipinski definition) is 14. The number of terminal acetylenes is 1. The van der Waals surface area contributed by atoms with Crippen molar-refractivity contribution in [3.05, 3.63) is 6.07 Å². The van der Waals surface area contributed by atoms with Gasteiger partial charge in [0.25, 0.3) is 0 Å². The lowest BCUT2D eigenvalue weighted by Gasteiger charge is -2.34. The second-order valence-electron chi connectivity index (χ2n) is 8.81. The van der Waals surface area contributed by atoms with Gasteiger partial charge in [-0.1, -0.05) is 13.3 Å². The zero-order chi connectivity index (χ0) is 30.2. The zero-order valence-electron chi connectivity index (χ0n) is 24.5. The molecule has 3 heterocycles. The first kappa shape index (κ1) is 32.9. The van der Waals surface area contributed by atoms with Crippen LogP contribution in [0.5, 0.6) is 11.8 Å². The number of nitrogen functional groups attached to an aromatic ring is 1. The summed E-state index contributed by atoms with van der Waals surface area (Å²) in [6.45, 7) is 12.7. The molecular formula is C27H40N8O6S. The Hall–Kier alpha value is -3.58. The van der Waals surface area contributed by atoms with Gasteiger partial charge in [0.1, 0.15) is 29.2 Å². The Balaban J connectivity index is 1.62. The van der Waals surface area contributed by atoms with Gasteiger partial charge in [0.05, 0.1) is 39.6 Å². The predicted octanol–water partition coefficient (Wildman–Crippen LogP) is 1.91. The largest absolute Gasteiger partial charge is 0.477 e. The molecule has 0 saturated carbocycles. The van der Waals surface area contributed by atoms with Crippen LogP contribution >= 0.6 is 11.8 Å². The lowest BCUT2D eigenvalue weighted by Crippen LogP contribution is -2.48. The fraction of sp³-hybridized carbons (Fsp3) is 0.593. The smallest absolute Gasteiger partial charge is 0.236 e. The molecule has 2 aromatic rings. The molecule has 1 amide bonds. The van der Waals surface area contributed by atoms with E-state index < -0.39 is 0 Å². The van der Waals surface area contributed by atoms with E-state index >= 15 is 0 Å². The Morgan fingerprint density at radius 3 is 2.24 bits per heavy atom. The van der Waals surface area contributed by atoms with Crippen molar-refractivity contribution in [2.24, 2.45) is 0 Å². The average Bonchev–Trinajstić information content (AvgIpc) is 2.98. The van der Waals surface area contributed by atoms with E-state index in [1.165, 1.54) is 17.8 Å². The number of rotatable bonds is 18. The number of piperazine rings is 1. The summed E-state index contributed by atoms with van der Waals surface area (Å²) < 4.78 is 27.7. The molecule has 15 heteroatoms. The Labute approximate surface area is 251 Å².